The Morgan fingerprint density at radius 3 is 2.41 bits per heavy atom. The van der Waals surface area contributed by atoms with E-state index in [-0.39, 0.29) is 12.0 Å². The summed E-state index contributed by atoms with van der Waals surface area (Å²) in [5.41, 5.74) is 4.57. The average molecular weight is 571 g/mol. The van der Waals surface area contributed by atoms with Crippen LogP contribution >= 0.6 is 0 Å². The maximum atomic E-state index is 14.5. The fourth-order valence-corrected chi connectivity index (χ4v) is 7.68. The minimum absolute atomic E-state index is 0.243. The topological polar surface area (TPSA) is 108 Å². The molecule has 3 aliphatic carbocycles. The number of carbonyl (C=O) groups excluding carboxylic acids is 2. The molecule has 8 nitrogen and oxygen atoms in total. The number of aliphatic hydroxyl groups excluding tert-OH is 2. The molecule has 2 saturated carbocycles. The van der Waals surface area contributed by atoms with E-state index in [1.54, 1.807) is 0 Å². The minimum Gasteiger partial charge on any atom is -0.442 e. The summed E-state index contributed by atoms with van der Waals surface area (Å²) in [4.78, 5) is 27.6. The highest BCUT2D eigenvalue weighted by Crippen LogP contribution is 2.38. The first-order valence-corrected chi connectivity index (χ1v) is 16.3. The normalized spacial score (nSPS) is 26.7. The number of aliphatic hydroxyl groups is 2. The number of hydrazine groups is 1. The first-order valence-electron chi connectivity index (χ1n) is 16.3. The van der Waals surface area contributed by atoms with Crippen LogP contribution < -0.4 is 5.43 Å². The molecule has 3 fully saturated rings. The van der Waals surface area contributed by atoms with Gasteiger partial charge in [0.05, 0.1) is 25.4 Å². The van der Waals surface area contributed by atoms with Crippen LogP contribution in [0.15, 0.2) is 24.3 Å². The van der Waals surface area contributed by atoms with Crippen molar-refractivity contribution in [2.75, 3.05) is 13.2 Å². The van der Waals surface area contributed by atoms with Crippen molar-refractivity contribution < 1.29 is 29.3 Å². The Morgan fingerprint density at radius 2 is 1.71 bits per heavy atom. The maximum absolute atomic E-state index is 14.5. The number of ether oxygens (including phenoxy) is 2. The number of hydrogen-bond donors (Lipinski definition) is 3. The summed E-state index contributed by atoms with van der Waals surface area (Å²) in [5.74, 6) is 0.402. The fraction of sp³-hybridized carbons (Fsp3) is 0.758. The lowest BCUT2D eigenvalue weighted by Gasteiger charge is -2.36. The zero-order chi connectivity index (χ0) is 28.6. The van der Waals surface area contributed by atoms with Crippen LogP contribution in [0.4, 0.5) is 4.79 Å². The molecule has 5 rings (SSSR count). The number of carbonyl (C=O) groups is 2. The quantitative estimate of drug-likeness (QED) is 0.316. The van der Waals surface area contributed by atoms with E-state index in [2.05, 4.69) is 5.43 Å². The van der Waals surface area contributed by atoms with Crippen LogP contribution in [0.2, 0.25) is 0 Å². The lowest BCUT2D eigenvalue weighted by atomic mass is 9.79. The van der Waals surface area contributed by atoms with Gasteiger partial charge in [0.1, 0.15) is 12.1 Å². The Morgan fingerprint density at radius 1 is 1.00 bits per heavy atom. The molecule has 2 amide bonds. The van der Waals surface area contributed by atoms with Crippen molar-refractivity contribution in [1.29, 1.82) is 0 Å². The van der Waals surface area contributed by atoms with Gasteiger partial charge in [0.2, 0.25) is 5.91 Å². The predicted molar refractivity (Wildman–Crippen MR) is 156 cm³/mol. The first kappa shape index (κ1) is 30.3. The van der Waals surface area contributed by atoms with E-state index in [4.69, 9.17) is 9.47 Å². The zero-order valence-corrected chi connectivity index (χ0v) is 24.6. The highest BCUT2D eigenvalue weighted by Gasteiger charge is 2.42. The molecule has 3 N–H and O–H groups in total. The van der Waals surface area contributed by atoms with Gasteiger partial charge in [-0.1, -0.05) is 88.5 Å². The van der Waals surface area contributed by atoms with E-state index in [1.165, 1.54) is 56.4 Å². The average Bonchev–Trinajstić information content (AvgIpc) is 3.62. The molecule has 5 atom stereocenters. The van der Waals surface area contributed by atoms with E-state index >= 15 is 0 Å². The van der Waals surface area contributed by atoms with Crippen molar-refractivity contribution in [2.24, 2.45) is 17.8 Å². The van der Waals surface area contributed by atoms with Crippen molar-refractivity contribution in [3.05, 3.63) is 35.4 Å². The molecule has 0 unspecified atom stereocenters. The lowest BCUT2D eigenvalue weighted by Crippen LogP contribution is -2.53. The Bertz CT molecular complexity index is 986. The van der Waals surface area contributed by atoms with Crippen LogP contribution in [-0.4, -0.2) is 58.7 Å². The number of nitrogens with zero attached hydrogens (tertiary/aromatic N) is 1. The number of fused-ring (bicyclic) bond motifs is 1. The monoisotopic (exact) mass is 570 g/mol. The van der Waals surface area contributed by atoms with Crippen LogP contribution in [0.1, 0.15) is 113 Å². The Balaban J connectivity index is 1.34. The molecule has 1 aromatic rings. The van der Waals surface area contributed by atoms with Gasteiger partial charge < -0.3 is 19.7 Å². The summed E-state index contributed by atoms with van der Waals surface area (Å²) in [6, 6.07) is 7.00. The molecule has 4 aliphatic rings. The van der Waals surface area contributed by atoms with Crippen LogP contribution in [-0.2, 0) is 20.7 Å². The first-order chi connectivity index (χ1) is 20.0. The summed E-state index contributed by atoms with van der Waals surface area (Å²) in [6.07, 6.45) is 13.4. The molecule has 1 aliphatic heterocycles. The molecule has 0 aromatic heterocycles. The van der Waals surface area contributed by atoms with E-state index in [9.17, 15) is 19.8 Å². The fourth-order valence-electron chi connectivity index (χ4n) is 7.68. The number of hydrogen-bond acceptors (Lipinski definition) is 6. The molecule has 1 heterocycles. The van der Waals surface area contributed by atoms with Crippen LogP contribution in [0.25, 0.3) is 0 Å². The van der Waals surface area contributed by atoms with Gasteiger partial charge >= 0.3 is 6.09 Å². The molecule has 0 spiro atoms. The van der Waals surface area contributed by atoms with Gasteiger partial charge in [-0.3, -0.25) is 4.79 Å². The largest absolute Gasteiger partial charge is 0.442 e. The third-order valence-electron chi connectivity index (χ3n) is 9.94. The number of nitrogens with one attached hydrogen (secondary N) is 1. The van der Waals surface area contributed by atoms with Crippen molar-refractivity contribution >= 4 is 12.0 Å². The Kier molecular flexibility index (Phi) is 11.0. The number of benzene rings is 1. The molecular weight excluding hydrogens is 520 g/mol. The molecular formula is C33H50N2O6. The van der Waals surface area contributed by atoms with Gasteiger partial charge in [0.25, 0.3) is 0 Å². The summed E-state index contributed by atoms with van der Waals surface area (Å²) >= 11 is 0. The Labute approximate surface area is 245 Å². The summed E-state index contributed by atoms with van der Waals surface area (Å²) < 4.78 is 10.9. The molecule has 1 saturated heterocycles. The van der Waals surface area contributed by atoms with Gasteiger partial charge in [0.15, 0.2) is 0 Å². The molecule has 8 heteroatoms. The van der Waals surface area contributed by atoms with Gasteiger partial charge in [0, 0.05) is 18.8 Å². The second kappa shape index (κ2) is 14.8. The van der Waals surface area contributed by atoms with E-state index in [1.807, 2.05) is 24.3 Å². The van der Waals surface area contributed by atoms with Crippen LogP contribution in [0, 0.1) is 17.8 Å². The number of amides is 2. The molecule has 1 aromatic carbocycles. The van der Waals surface area contributed by atoms with E-state index < -0.39 is 30.3 Å². The molecule has 0 bridgehead atoms. The van der Waals surface area contributed by atoms with Gasteiger partial charge in [-0.2, -0.15) is 0 Å². The summed E-state index contributed by atoms with van der Waals surface area (Å²) in [6.45, 7) is 0.880. The zero-order valence-electron chi connectivity index (χ0n) is 24.6. The van der Waals surface area contributed by atoms with Crippen LogP contribution in [0.3, 0.4) is 0 Å². The maximum Gasteiger partial charge on any atom is 0.426 e. The van der Waals surface area contributed by atoms with Gasteiger partial charge in [-0.05, 0) is 48.6 Å². The lowest BCUT2D eigenvalue weighted by molar-refractivity contribution is -0.146. The van der Waals surface area contributed by atoms with Gasteiger partial charge in [-0.15, -0.1) is 0 Å². The predicted octanol–water partition coefficient (Wildman–Crippen LogP) is 5.60. The highest BCUT2D eigenvalue weighted by molar-refractivity contribution is 5.82. The molecule has 228 valence electrons. The summed E-state index contributed by atoms with van der Waals surface area (Å²) in [5, 5.41) is 23.7. The molecule has 41 heavy (non-hydrogen) atoms. The number of rotatable bonds is 10. The SMILES string of the molecule is O=C(NN(C(=O)[C@H](CC1CCCCC1)C[C@@H](O)CCC1CCCCC1)[C@H]1c2ccccc2C[C@H]1O)O[C@H]1CCOC1. The van der Waals surface area contributed by atoms with Crippen LogP contribution in [0.5, 0.6) is 0 Å². The van der Waals surface area contributed by atoms with E-state index in [0.29, 0.717) is 57.2 Å². The van der Waals surface area contributed by atoms with Crippen molar-refractivity contribution in [3.63, 3.8) is 0 Å². The highest BCUT2D eigenvalue weighted by atomic mass is 16.6. The smallest absolute Gasteiger partial charge is 0.426 e. The minimum atomic E-state index is -0.849. The third kappa shape index (κ3) is 8.23. The van der Waals surface area contributed by atoms with Crippen molar-refractivity contribution in [2.45, 2.75) is 127 Å². The summed E-state index contributed by atoms with van der Waals surface area (Å²) in [7, 11) is 0. The second-order valence-corrected chi connectivity index (χ2v) is 13.0. The Hall–Kier alpha value is -2.16. The van der Waals surface area contributed by atoms with Crippen molar-refractivity contribution in [1.82, 2.24) is 10.4 Å². The standard InChI is InChI=1S/C33H50N2O6/c36-27(16-15-23-9-3-1-4-10-23)20-26(19-24-11-5-2-6-12-24)32(38)35(34-33(39)41-28-17-18-40-22-28)31-29-14-8-7-13-25(29)21-30(31)37/h7-8,13-14,23-24,26-28,30-31,36-37H,1-6,9-12,15-22H2,(H,34,39)/t26-,27+,28+,30-,31+/m1/s1. The van der Waals surface area contributed by atoms with Gasteiger partial charge in [-0.25, -0.2) is 15.2 Å². The van der Waals surface area contributed by atoms with Crippen molar-refractivity contribution in [3.8, 4) is 0 Å². The second-order valence-electron chi connectivity index (χ2n) is 13.0. The molecule has 0 radical (unpaired) electrons. The third-order valence-corrected chi connectivity index (χ3v) is 9.94. The van der Waals surface area contributed by atoms with E-state index in [0.717, 1.165) is 30.4 Å².